The number of benzene rings is 1. The minimum atomic E-state index is -0.211. The number of ether oxygens (including phenoxy) is 2. The van der Waals surface area contributed by atoms with Gasteiger partial charge in [-0.05, 0) is 31.7 Å². The van der Waals surface area contributed by atoms with E-state index in [1.54, 1.807) is 32.4 Å². The van der Waals surface area contributed by atoms with E-state index in [1.165, 1.54) is 0 Å². The molecule has 7 nitrogen and oxygen atoms in total. The molecule has 0 fully saturated rings. The Morgan fingerprint density at radius 1 is 1.15 bits per heavy atom. The van der Waals surface area contributed by atoms with Gasteiger partial charge in [-0.1, -0.05) is 5.16 Å². The Labute approximate surface area is 150 Å². The summed E-state index contributed by atoms with van der Waals surface area (Å²) in [6.07, 6.45) is 2.65. The zero-order chi connectivity index (χ0) is 18.3. The molecule has 0 bridgehead atoms. The van der Waals surface area contributed by atoms with Crippen molar-refractivity contribution in [2.75, 3.05) is 19.5 Å². The number of rotatable bonds is 4. The van der Waals surface area contributed by atoms with Gasteiger partial charge in [-0.3, -0.25) is 4.79 Å². The summed E-state index contributed by atoms with van der Waals surface area (Å²) >= 11 is 0. The Morgan fingerprint density at radius 3 is 2.58 bits per heavy atom. The molecule has 0 radical (unpaired) electrons. The number of hydrogen-bond acceptors (Lipinski definition) is 6. The van der Waals surface area contributed by atoms with Crippen LogP contribution in [0.5, 0.6) is 11.5 Å². The van der Waals surface area contributed by atoms with Crippen LogP contribution in [0.25, 0.3) is 11.1 Å². The molecule has 0 saturated heterocycles. The molecule has 0 saturated carbocycles. The van der Waals surface area contributed by atoms with E-state index in [1.807, 2.05) is 6.92 Å². The zero-order valence-corrected chi connectivity index (χ0v) is 14.9. The fourth-order valence-electron chi connectivity index (χ4n) is 3.44. The van der Waals surface area contributed by atoms with Gasteiger partial charge in [0, 0.05) is 29.6 Å². The predicted octanol–water partition coefficient (Wildman–Crippen LogP) is 3.29. The van der Waals surface area contributed by atoms with Gasteiger partial charge in [0.15, 0.2) is 0 Å². The van der Waals surface area contributed by atoms with Crippen molar-refractivity contribution in [3.05, 3.63) is 40.7 Å². The molecule has 2 aromatic heterocycles. The fourth-order valence-corrected chi connectivity index (χ4v) is 3.44. The van der Waals surface area contributed by atoms with Crippen molar-refractivity contribution in [3.8, 4) is 11.5 Å². The maximum absolute atomic E-state index is 13.1. The van der Waals surface area contributed by atoms with Gasteiger partial charge in [0.1, 0.15) is 11.5 Å². The van der Waals surface area contributed by atoms with Crippen LogP contribution in [0, 0.1) is 6.92 Å². The smallest absolute Gasteiger partial charge is 0.259 e. The number of amides is 1. The van der Waals surface area contributed by atoms with Gasteiger partial charge in [-0.25, -0.2) is 4.98 Å². The van der Waals surface area contributed by atoms with E-state index < -0.39 is 0 Å². The number of pyridine rings is 1. The van der Waals surface area contributed by atoms with Crippen LogP contribution >= 0.6 is 0 Å². The predicted molar refractivity (Wildman–Crippen MR) is 96.1 cm³/mol. The van der Waals surface area contributed by atoms with E-state index in [-0.39, 0.29) is 5.91 Å². The van der Waals surface area contributed by atoms with Crippen LogP contribution in [0.2, 0.25) is 0 Å². The fraction of sp³-hybridized carbons (Fsp3) is 0.316. The monoisotopic (exact) mass is 353 g/mol. The van der Waals surface area contributed by atoms with Crippen molar-refractivity contribution in [3.63, 3.8) is 0 Å². The molecule has 26 heavy (non-hydrogen) atoms. The lowest BCUT2D eigenvalue weighted by molar-refractivity contribution is 0.102. The van der Waals surface area contributed by atoms with Crippen molar-refractivity contribution in [1.29, 1.82) is 0 Å². The first-order valence-corrected chi connectivity index (χ1v) is 8.43. The van der Waals surface area contributed by atoms with Gasteiger partial charge in [0.05, 0.1) is 30.9 Å². The molecule has 0 spiro atoms. The Morgan fingerprint density at radius 2 is 1.88 bits per heavy atom. The highest BCUT2D eigenvalue weighted by Gasteiger charge is 2.27. The van der Waals surface area contributed by atoms with Gasteiger partial charge < -0.3 is 19.3 Å². The van der Waals surface area contributed by atoms with Crippen molar-refractivity contribution in [2.45, 2.75) is 26.2 Å². The molecule has 2 heterocycles. The van der Waals surface area contributed by atoms with E-state index >= 15 is 0 Å². The first-order chi connectivity index (χ1) is 12.6. The summed E-state index contributed by atoms with van der Waals surface area (Å²) in [7, 11) is 3.14. The van der Waals surface area contributed by atoms with E-state index in [2.05, 4.69) is 15.5 Å². The van der Waals surface area contributed by atoms with Gasteiger partial charge >= 0.3 is 0 Å². The van der Waals surface area contributed by atoms with Gasteiger partial charge in [-0.2, -0.15) is 0 Å². The van der Waals surface area contributed by atoms with Crippen molar-refractivity contribution in [1.82, 2.24) is 10.1 Å². The first-order valence-electron chi connectivity index (χ1n) is 8.43. The molecule has 3 aromatic rings. The lowest BCUT2D eigenvalue weighted by Gasteiger charge is -2.12. The third-order valence-corrected chi connectivity index (χ3v) is 4.66. The topological polar surface area (TPSA) is 86.5 Å². The first kappa shape index (κ1) is 16.4. The molecule has 1 aromatic carbocycles. The Hall–Kier alpha value is -3.09. The Bertz CT molecular complexity index is 987. The van der Waals surface area contributed by atoms with Gasteiger partial charge in [-0.15, -0.1) is 0 Å². The highest BCUT2D eigenvalue weighted by atomic mass is 16.5. The molecule has 0 atom stereocenters. The largest absolute Gasteiger partial charge is 0.497 e. The second-order valence-electron chi connectivity index (χ2n) is 6.27. The van der Waals surface area contributed by atoms with Gasteiger partial charge in [0.25, 0.3) is 11.6 Å². The number of fused-ring (bicyclic) bond motifs is 2. The summed E-state index contributed by atoms with van der Waals surface area (Å²) in [5, 5.41) is 7.61. The van der Waals surface area contributed by atoms with Crippen LogP contribution in [-0.2, 0) is 12.8 Å². The number of nitrogens with zero attached hydrogens (tertiary/aromatic N) is 2. The molecule has 1 N–H and O–H groups in total. The van der Waals surface area contributed by atoms with Crippen LogP contribution in [0.1, 0.15) is 33.7 Å². The third kappa shape index (κ3) is 2.65. The molecule has 0 aliphatic heterocycles. The van der Waals surface area contributed by atoms with Gasteiger partial charge in [0.2, 0.25) is 0 Å². The highest BCUT2D eigenvalue weighted by molar-refractivity contribution is 6.13. The van der Waals surface area contributed by atoms with Crippen molar-refractivity contribution < 1.29 is 18.8 Å². The molecule has 7 heteroatoms. The second kappa shape index (κ2) is 6.33. The molecular weight excluding hydrogens is 334 g/mol. The zero-order valence-electron chi connectivity index (χ0n) is 14.9. The summed E-state index contributed by atoms with van der Waals surface area (Å²) < 4.78 is 15.8. The standard InChI is InChI=1S/C19H19N3O4/c1-10-16-17(14-5-4-6-15(14)21-19(16)26-22-10)18(23)20-11-7-12(24-2)9-13(8-11)25-3/h7-9H,4-6H2,1-3H3,(H,20,23). The molecule has 1 aliphatic rings. The van der Waals surface area contributed by atoms with E-state index in [4.69, 9.17) is 14.0 Å². The Balaban J connectivity index is 1.79. The van der Waals surface area contributed by atoms with Crippen molar-refractivity contribution in [2.24, 2.45) is 0 Å². The number of carbonyl (C=O) groups excluding carboxylic acids is 1. The van der Waals surface area contributed by atoms with Crippen LogP contribution < -0.4 is 14.8 Å². The molecular formula is C19H19N3O4. The van der Waals surface area contributed by atoms with Crippen LogP contribution in [-0.4, -0.2) is 30.3 Å². The van der Waals surface area contributed by atoms with Crippen LogP contribution in [0.3, 0.4) is 0 Å². The Kier molecular flexibility index (Phi) is 3.99. The van der Waals surface area contributed by atoms with E-state index in [9.17, 15) is 4.79 Å². The number of hydrogen-bond donors (Lipinski definition) is 1. The normalized spacial score (nSPS) is 12.9. The molecule has 4 rings (SSSR count). The highest BCUT2D eigenvalue weighted by Crippen LogP contribution is 2.33. The maximum Gasteiger partial charge on any atom is 0.259 e. The average molecular weight is 353 g/mol. The van der Waals surface area contributed by atoms with Crippen molar-refractivity contribution >= 4 is 22.7 Å². The number of nitrogens with one attached hydrogen (secondary N) is 1. The number of aromatic nitrogens is 2. The summed E-state index contributed by atoms with van der Waals surface area (Å²) in [5.41, 5.74) is 4.17. The molecule has 134 valence electrons. The number of methoxy groups -OCH3 is 2. The molecule has 1 amide bonds. The second-order valence-corrected chi connectivity index (χ2v) is 6.27. The summed E-state index contributed by atoms with van der Waals surface area (Å²) in [6, 6.07) is 5.25. The SMILES string of the molecule is COc1cc(NC(=O)c2c3c(nc4onc(C)c24)CCC3)cc(OC)c1. The van der Waals surface area contributed by atoms with E-state index in [0.717, 1.165) is 30.5 Å². The lowest BCUT2D eigenvalue weighted by atomic mass is 10.0. The summed E-state index contributed by atoms with van der Waals surface area (Å²) in [4.78, 5) is 17.7. The van der Waals surface area contributed by atoms with Crippen LogP contribution in [0.4, 0.5) is 5.69 Å². The minimum Gasteiger partial charge on any atom is -0.497 e. The maximum atomic E-state index is 13.1. The number of anilines is 1. The molecule has 0 unspecified atom stereocenters. The number of carbonyl (C=O) groups is 1. The quantitative estimate of drug-likeness (QED) is 0.774. The average Bonchev–Trinajstić information content (AvgIpc) is 3.26. The van der Waals surface area contributed by atoms with Crippen LogP contribution in [0.15, 0.2) is 22.7 Å². The minimum absolute atomic E-state index is 0.211. The lowest BCUT2D eigenvalue weighted by Crippen LogP contribution is -2.16. The number of aryl methyl sites for hydroxylation is 2. The molecule has 1 aliphatic carbocycles. The summed E-state index contributed by atoms with van der Waals surface area (Å²) in [6.45, 7) is 1.82. The summed E-state index contributed by atoms with van der Waals surface area (Å²) in [5.74, 6) is 0.994. The van der Waals surface area contributed by atoms with E-state index in [0.29, 0.717) is 39.5 Å². The third-order valence-electron chi connectivity index (χ3n) is 4.66.